The number of fused-ring (bicyclic) bond motifs is 1. The second kappa shape index (κ2) is 5.27. The predicted molar refractivity (Wildman–Crippen MR) is 83.1 cm³/mol. The Balaban J connectivity index is 2.04. The third-order valence-electron chi connectivity index (χ3n) is 3.46. The van der Waals surface area contributed by atoms with E-state index in [1.54, 1.807) is 22.5 Å². The van der Waals surface area contributed by atoms with Gasteiger partial charge in [0.25, 0.3) is 10.0 Å². The van der Waals surface area contributed by atoms with Gasteiger partial charge in [-0.15, -0.1) is 11.3 Å². The highest BCUT2D eigenvalue weighted by molar-refractivity contribution is 7.91. The van der Waals surface area contributed by atoms with Crippen molar-refractivity contribution in [3.8, 4) is 0 Å². The fourth-order valence-corrected chi connectivity index (χ4v) is 5.73. The number of thiophene rings is 1. The third kappa shape index (κ3) is 2.46. The molecule has 2 heterocycles. The fourth-order valence-electron chi connectivity index (χ4n) is 2.41. The number of hydrogen-bond donors (Lipinski definition) is 1. The van der Waals surface area contributed by atoms with Crippen molar-refractivity contribution in [2.45, 2.75) is 17.2 Å². The molecule has 0 bridgehead atoms. The average Bonchev–Trinajstić information content (AvgIpc) is 2.82. The first kappa shape index (κ1) is 14.3. The van der Waals surface area contributed by atoms with E-state index in [1.165, 1.54) is 11.3 Å². The van der Waals surface area contributed by atoms with Gasteiger partial charge in [-0.25, -0.2) is 8.42 Å². The molecule has 4 nitrogen and oxygen atoms in total. The maximum Gasteiger partial charge on any atom is 0.252 e. The van der Waals surface area contributed by atoms with Crippen LogP contribution in [0.15, 0.2) is 28.5 Å². The van der Waals surface area contributed by atoms with Crippen molar-refractivity contribution in [1.82, 2.24) is 9.62 Å². The first-order valence-corrected chi connectivity index (χ1v) is 9.03. The summed E-state index contributed by atoms with van der Waals surface area (Å²) < 4.78 is 28.4. The topological polar surface area (TPSA) is 49.4 Å². The SMILES string of the molecule is CC1CNCCN1S(=O)(=O)c1cc2cc(Cl)ccc2s1. The van der Waals surface area contributed by atoms with Crippen molar-refractivity contribution in [2.75, 3.05) is 19.6 Å². The summed E-state index contributed by atoms with van der Waals surface area (Å²) in [6.45, 7) is 3.82. The molecule has 0 spiro atoms. The van der Waals surface area contributed by atoms with E-state index in [4.69, 9.17) is 11.6 Å². The molecule has 0 aliphatic carbocycles. The van der Waals surface area contributed by atoms with Crippen LogP contribution >= 0.6 is 22.9 Å². The molecule has 20 heavy (non-hydrogen) atoms. The molecule has 2 aromatic rings. The number of sulfonamides is 1. The molecule has 1 N–H and O–H groups in total. The van der Waals surface area contributed by atoms with Gasteiger partial charge in [0, 0.05) is 35.4 Å². The predicted octanol–water partition coefficient (Wildman–Crippen LogP) is 2.54. The first-order valence-electron chi connectivity index (χ1n) is 6.40. The van der Waals surface area contributed by atoms with Gasteiger partial charge in [-0.2, -0.15) is 4.31 Å². The standard InChI is InChI=1S/C13H15ClN2O2S2/c1-9-8-15-4-5-16(9)20(17,18)13-7-10-6-11(14)2-3-12(10)19-13/h2-3,6-7,9,15H,4-5,8H2,1H3. The second-order valence-corrected chi connectivity index (χ2v) is 8.55. The Bertz CT molecular complexity index is 742. The molecule has 1 aromatic carbocycles. The van der Waals surface area contributed by atoms with Crippen LogP contribution < -0.4 is 5.32 Å². The molecule has 1 aliphatic heterocycles. The lowest BCUT2D eigenvalue weighted by Gasteiger charge is -2.32. The molecule has 0 saturated carbocycles. The van der Waals surface area contributed by atoms with E-state index >= 15 is 0 Å². The smallest absolute Gasteiger partial charge is 0.252 e. The van der Waals surface area contributed by atoms with E-state index in [1.807, 2.05) is 13.0 Å². The Labute approximate surface area is 127 Å². The van der Waals surface area contributed by atoms with Crippen molar-refractivity contribution in [3.63, 3.8) is 0 Å². The number of nitrogens with zero attached hydrogens (tertiary/aromatic N) is 1. The minimum absolute atomic E-state index is 0.0254. The van der Waals surface area contributed by atoms with Crippen LogP contribution in [0.25, 0.3) is 10.1 Å². The molecule has 1 aliphatic rings. The Morgan fingerprint density at radius 2 is 2.20 bits per heavy atom. The summed E-state index contributed by atoms with van der Waals surface area (Å²) in [7, 11) is -3.42. The lowest BCUT2D eigenvalue weighted by Crippen LogP contribution is -2.51. The minimum Gasteiger partial charge on any atom is -0.314 e. The number of hydrogen-bond acceptors (Lipinski definition) is 4. The van der Waals surface area contributed by atoms with Crippen molar-refractivity contribution < 1.29 is 8.42 Å². The van der Waals surface area contributed by atoms with Crippen molar-refractivity contribution >= 4 is 43.0 Å². The molecular weight excluding hydrogens is 316 g/mol. The van der Waals surface area contributed by atoms with Gasteiger partial charge in [-0.05, 0) is 36.6 Å². The summed E-state index contributed by atoms with van der Waals surface area (Å²) in [5, 5.41) is 4.70. The molecule has 0 radical (unpaired) electrons. The van der Waals surface area contributed by atoms with Gasteiger partial charge in [-0.1, -0.05) is 11.6 Å². The summed E-state index contributed by atoms with van der Waals surface area (Å²) in [6, 6.07) is 7.14. The highest BCUT2D eigenvalue weighted by atomic mass is 35.5. The summed E-state index contributed by atoms with van der Waals surface area (Å²) in [4.78, 5) is 0. The van der Waals surface area contributed by atoms with Crippen LogP contribution in [0.1, 0.15) is 6.92 Å². The van der Waals surface area contributed by atoms with E-state index in [0.29, 0.717) is 28.9 Å². The molecule has 1 atom stereocenters. The Morgan fingerprint density at radius 1 is 1.40 bits per heavy atom. The quantitative estimate of drug-likeness (QED) is 0.920. The Kier molecular flexibility index (Phi) is 3.77. The molecule has 7 heteroatoms. The van der Waals surface area contributed by atoms with Gasteiger partial charge in [-0.3, -0.25) is 0 Å². The minimum atomic E-state index is -3.42. The van der Waals surface area contributed by atoms with Crippen LogP contribution in [0.2, 0.25) is 5.02 Å². The van der Waals surface area contributed by atoms with Gasteiger partial charge < -0.3 is 5.32 Å². The van der Waals surface area contributed by atoms with Gasteiger partial charge in [0.2, 0.25) is 0 Å². The number of rotatable bonds is 2. The van der Waals surface area contributed by atoms with Crippen molar-refractivity contribution in [2.24, 2.45) is 0 Å². The maximum absolute atomic E-state index is 12.7. The second-order valence-electron chi connectivity index (χ2n) is 4.92. The Morgan fingerprint density at radius 3 is 2.95 bits per heavy atom. The van der Waals surface area contributed by atoms with Gasteiger partial charge in [0.1, 0.15) is 4.21 Å². The molecule has 0 amide bonds. The molecule has 1 aromatic heterocycles. The molecule has 1 unspecified atom stereocenters. The summed E-state index contributed by atoms with van der Waals surface area (Å²) in [5.74, 6) is 0. The molecular formula is C13H15ClN2O2S2. The Hall–Kier alpha value is -0.660. The van der Waals surface area contributed by atoms with Crippen molar-refractivity contribution in [3.05, 3.63) is 29.3 Å². The van der Waals surface area contributed by atoms with Gasteiger partial charge in [0.15, 0.2) is 0 Å². The van der Waals surface area contributed by atoms with Gasteiger partial charge >= 0.3 is 0 Å². The monoisotopic (exact) mass is 330 g/mol. The average molecular weight is 331 g/mol. The molecule has 3 rings (SSSR count). The lowest BCUT2D eigenvalue weighted by atomic mass is 10.3. The summed E-state index contributed by atoms with van der Waals surface area (Å²) >= 11 is 7.25. The third-order valence-corrected chi connectivity index (χ3v) is 7.27. The molecule has 108 valence electrons. The normalized spacial score (nSPS) is 21.4. The zero-order chi connectivity index (χ0) is 14.3. The van der Waals surface area contributed by atoms with Crippen LogP contribution in [0.3, 0.4) is 0 Å². The van der Waals surface area contributed by atoms with E-state index in [2.05, 4.69) is 5.32 Å². The first-order chi connectivity index (χ1) is 9.48. The number of piperazine rings is 1. The maximum atomic E-state index is 12.7. The van der Waals surface area contributed by atoms with Crippen LogP contribution in [0.4, 0.5) is 0 Å². The zero-order valence-electron chi connectivity index (χ0n) is 11.0. The fraction of sp³-hybridized carbons (Fsp3) is 0.385. The van der Waals surface area contributed by atoms with E-state index < -0.39 is 10.0 Å². The van der Waals surface area contributed by atoms with Crippen LogP contribution in [-0.2, 0) is 10.0 Å². The van der Waals surface area contributed by atoms with E-state index in [-0.39, 0.29) is 6.04 Å². The van der Waals surface area contributed by atoms with Gasteiger partial charge in [0.05, 0.1) is 0 Å². The summed E-state index contributed by atoms with van der Waals surface area (Å²) in [5.41, 5.74) is 0. The highest BCUT2D eigenvalue weighted by Crippen LogP contribution is 2.33. The number of halogens is 1. The highest BCUT2D eigenvalue weighted by Gasteiger charge is 2.32. The zero-order valence-corrected chi connectivity index (χ0v) is 13.4. The molecule has 1 saturated heterocycles. The lowest BCUT2D eigenvalue weighted by molar-refractivity contribution is 0.284. The summed E-state index contributed by atoms with van der Waals surface area (Å²) in [6.07, 6.45) is 0. The van der Waals surface area contributed by atoms with Crippen LogP contribution in [-0.4, -0.2) is 38.4 Å². The van der Waals surface area contributed by atoms with Crippen LogP contribution in [0.5, 0.6) is 0 Å². The molecule has 1 fully saturated rings. The van der Waals surface area contributed by atoms with E-state index in [0.717, 1.165) is 10.1 Å². The van der Waals surface area contributed by atoms with Crippen LogP contribution in [0, 0.1) is 0 Å². The number of benzene rings is 1. The van der Waals surface area contributed by atoms with E-state index in [9.17, 15) is 8.42 Å². The largest absolute Gasteiger partial charge is 0.314 e. The van der Waals surface area contributed by atoms with Crippen molar-refractivity contribution in [1.29, 1.82) is 0 Å². The number of nitrogens with one attached hydrogen (secondary N) is 1.